The van der Waals surface area contributed by atoms with Crippen LogP contribution in [-0.2, 0) is 6.54 Å². The molecule has 1 saturated heterocycles. The van der Waals surface area contributed by atoms with Gasteiger partial charge in [-0.1, -0.05) is 48.5 Å². The molecule has 0 spiro atoms. The van der Waals surface area contributed by atoms with Crippen molar-refractivity contribution in [3.05, 3.63) is 113 Å². The van der Waals surface area contributed by atoms with Crippen molar-refractivity contribution in [2.45, 2.75) is 32.5 Å². The summed E-state index contributed by atoms with van der Waals surface area (Å²) in [5.74, 6) is 0.258. The summed E-state index contributed by atoms with van der Waals surface area (Å²) >= 11 is 5.83. The average Bonchev–Trinajstić information content (AvgIpc) is 3.30. The van der Waals surface area contributed by atoms with Crippen LogP contribution in [0.4, 0.5) is 0 Å². The number of phenols is 1. The van der Waals surface area contributed by atoms with E-state index in [4.69, 9.17) is 12.2 Å². The number of rotatable bonds is 5. The highest BCUT2D eigenvalue weighted by Gasteiger charge is 2.41. The van der Waals surface area contributed by atoms with Gasteiger partial charge in [0.05, 0.1) is 23.5 Å². The Balaban J connectivity index is 1.63. The third-order valence-electron chi connectivity index (χ3n) is 6.31. The maximum atomic E-state index is 10.5. The molecule has 0 aliphatic carbocycles. The van der Waals surface area contributed by atoms with Crippen LogP contribution < -0.4 is 5.32 Å². The quantitative estimate of drug-likeness (QED) is 0.397. The van der Waals surface area contributed by atoms with Gasteiger partial charge in [0.2, 0.25) is 0 Å². The molecule has 2 atom stereocenters. The predicted molar refractivity (Wildman–Crippen MR) is 134 cm³/mol. The zero-order chi connectivity index (χ0) is 22.9. The molecule has 0 radical (unpaired) electrons. The van der Waals surface area contributed by atoms with Gasteiger partial charge in [-0.15, -0.1) is 0 Å². The van der Waals surface area contributed by atoms with Crippen LogP contribution >= 0.6 is 12.2 Å². The molecule has 1 aliphatic heterocycles. The molecule has 5 rings (SSSR count). The summed E-state index contributed by atoms with van der Waals surface area (Å²) in [6, 6.07) is 25.9. The second-order valence-electron chi connectivity index (χ2n) is 8.39. The second kappa shape index (κ2) is 8.71. The van der Waals surface area contributed by atoms with E-state index in [1.807, 2.05) is 48.7 Å². The largest absolute Gasteiger partial charge is 0.506 e. The highest BCUT2D eigenvalue weighted by molar-refractivity contribution is 7.80. The van der Waals surface area contributed by atoms with Gasteiger partial charge in [-0.05, 0) is 67.5 Å². The fourth-order valence-corrected chi connectivity index (χ4v) is 5.11. The number of hydrogen-bond donors (Lipinski definition) is 2. The fourth-order valence-electron chi connectivity index (χ4n) is 4.81. The number of thiocarbonyl (C=S) groups is 1. The first-order valence-electron chi connectivity index (χ1n) is 11.0. The molecule has 2 N–H and O–H groups in total. The molecule has 33 heavy (non-hydrogen) atoms. The van der Waals surface area contributed by atoms with Crippen LogP contribution in [0.15, 0.2) is 85.1 Å². The molecule has 0 saturated carbocycles. The Morgan fingerprint density at radius 2 is 1.70 bits per heavy atom. The zero-order valence-electron chi connectivity index (χ0n) is 18.6. The van der Waals surface area contributed by atoms with E-state index in [2.05, 4.69) is 63.9 Å². The molecule has 1 aliphatic rings. The summed E-state index contributed by atoms with van der Waals surface area (Å²) < 4.78 is 2.11. The number of aromatic nitrogens is 2. The molecular weight excluding hydrogens is 428 g/mol. The lowest BCUT2D eigenvalue weighted by atomic mass is 9.96. The van der Waals surface area contributed by atoms with Gasteiger partial charge in [0.15, 0.2) is 5.11 Å². The summed E-state index contributed by atoms with van der Waals surface area (Å²) in [5.41, 5.74) is 6.22. The van der Waals surface area contributed by atoms with Crippen LogP contribution in [0.25, 0.3) is 5.69 Å². The normalized spacial score (nSPS) is 17.9. The van der Waals surface area contributed by atoms with Crippen molar-refractivity contribution in [3.63, 3.8) is 0 Å². The zero-order valence-corrected chi connectivity index (χ0v) is 19.5. The van der Waals surface area contributed by atoms with Crippen molar-refractivity contribution in [1.29, 1.82) is 0 Å². The Hall–Kier alpha value is -3.64. The van der Waals surface area contributed by atoms with Gasteiger partial charge >= 0.3 is 0 Å². The summed E-state index contributed by atoms with van der Waals surface area (Å²) in [6.45, 7) is 4.87. The highest BCUT2D eigenvalue weighted by Crippen LogP contribution is 2.42. The van der Waals surface area contributed by atoms with Crippen LogP contribution in [0.5, 0.6) is 5.75 Å². The number of phenolic OH excluding ortho intramolecular Hbond substituents is 1. The number of hydrogen-bond acceptors (Lipinski definition) is 3. The van der Waals surface area contributed by atoms with Gasteiger partial charge < -0.3 is 19.9 Å². The van der Waals surface area contributed by atoms with E-state index in [0.717, 1.165) is 28.3 Å². The van der Waals surface area contributed by atoms with E-state index in [1.54, 1.807) is 6.07 Å². The molecule has 1 fully saturated rings. The minimum absolute atomic E-state index is 0.0431. The molecule has 166 valence electrons. The lowest BCUT2D eigenvalue weighted by Crippen LogP contribution is -2.29. The maximum absolute atomic E-state index is 10.5. The monoisotopic (exact) mass is 454 g/mol. The number of para-hydroxylation sites is 2. The smallest absolute Gasteiger partial charge is 0.170 e. The van der Waals surface area contributed by atoms with Crippen molar-refractivity contribution in [3.8, 4) is 11.4 Å². The summed E-state index contributed by atoms with van der Waals surface area (Å²) in [4.78, 5) is 6.90. The number of nitrogens with one attached hydrogen (secondary N) is 1. The van der Waals surface area contributed by atoms with Crippen molar-refractivity contribution in [2.75, 3.05) is 0 Å². The third kappa shape index (κ3) is 3.87. The van der Waals surface area contributed by atoms with Crippen LogP contribution in [0.3, 0.4) is 0 Å². The van der Waals surface area contributed by atoms with Crippen molar-refractivity contribution in [1.82, 2.24) is 19.8 Å². The highest BCUT2D eigenvalue weighted by atomic mass is 32.1. The molecule has 2 aromatic carbocycles. The molecule has 2 aromatic heterocycles. The fraction of sp³-hybridized carbons (Fsp3) is 0.185. The van der Waals surface area contributed by atoms with Crippen molar-refractivity contribution >= 4 is 17.3 Å². The second-order valence-corrected chi connectivity index (χ2v) is 8.78. The van der Waals surface area contributed by atoms with E-state index < -0.39 is 0 Å². The van der Waals surface area contributed by atoms with Gasteiger partial charge in [-0.25, -0.2) is 0 Å². The van der Waals surface area contributed by atoms with Gasteiger partial charge in [0.25, 0.3) is 0 Å². The average molecular weight is 455 g/mol. The van der Waals surface area contributed by atoms with Crippen LogP contribution in [0, 0.1) is 13.8 Å². The number of benzene rings is 2. The lowest BCUT2D eigenvalue weighted by Gasteiger charge is -2.28. The Labute approximate surface area is 199 Å². The topological polar surface area (TPSA) is 53.3 Å². The van der Waals surface area contributed by atoms with E-state index in [-0.39, 0.29) is 17.8 Å². The summed E-state index contributed by atoms with van der Waals surface area (Å²) in [6.07, 6.45) is 1.82. The molecule has 0 bridgehead atoms. The molecular formula is C27H26N4OS. The first-order chi connectivity index (χ1) is 16.0. The molecule has 0 amide bonds. The predicted octanol–water partition coefficient (Wildman–Crippen LogP) is 5.37. The number of aromatic hydroxyl groups is 1. The van der Waals surface area contributed by atoms with Crippen molar-refractivity contribution in [2.24, 2.45) is 0 Å². The Bertz CT molecular complexity index is 1290. The SMILES string of the molecule is Cc1cc([C@H]2[C@H](c3ccccn3)NC(=S)N2Cc2ccccc2)c(C)n1-c1ccccc1O. The van der Waals surface area contributed by atoms with E-state index in [9.17, 15) is 5.11 Å². The van der Waals surface area contributed by atoms with Crippen LogP contribution in [0.2, 0.25) is 0 Å². The molecule has 5 nitrogen and oxygen atoms in total. The minimum atomic E-state index is -0.0827. The van der Waals surface area contributed by atoms with Crippen LogP contribution in [0.1, 0.15) is 40.3 Å². The first-order valence-corrected chi connectivity index (χ1v) is 11.4. The van der Waals surface area contributed by atoms with Gasteiger partial charge in [0.1, 0.15) is 5.75 Å². The van der Waals surface area contributed by atoms with E-state index in [0.29, 0.717) is 11.7 Å². The Morgan fingerprint density at radius 1 is 0.970 bits per heavy atom. The third-order valence-corrected chi connectivity index (χ3v) is 6.66. The van der Waals surface area contributed by atoms with E-state index >= 15 is 0 Å². The van der Waals surface area contributed by atoms with Crippen molar-refractivity contribution < 1.29 is 5.11 Å². The standard InChI is InChI=1S/C27H26N4OS/c1-18-16-21(19(2)31(18)23-13-6-7-14-24(23)32)26-25(22-12-8-9-15-28-22)29-27(33)30(26)17-20-10-4-3-5-11-20/h3-16,25-26,32H,17H2,1-2H3,(H,29,33)/t25-,26-/m0/s1. The molecule has 0 unspecified atom stereocenters. The Kier molecular flexibility index (Phi) is 5.60. The molecule has 3 heterocycles. The van der Waals surface area contributed by atoms with Gasteiger partial charge in [-0.2, -0.15) is 0 Å². The number of pyridine rings is 1. The molecule has 4 aromatic rings. The van der Waals surface area contributed by atoms with Gasteiger partial charge in [-0.3, -0.25) is 4.98 Å². The minimum Gasteiger partial charge on any atom is -0.506 e. The maximum Gasteiger partial charge on any atom is 0.170 e. The Morgan fingerprint density at radius 3 is 2.42 bits per heavy atom. The van der Waals surface area contributed by atoms with Crippen LogP contribution in [-0.4, -0.2) is 24.7 Å². The summed E-state index contributed by atoms with van der Waals surface area (Å²) in [7, 11) is 0. The summed E-state index contributed by atoms with van der Waals surface area (Å²) in [5, 5.41) is 14.8. The van der Waals surface area contributed by atoms with Gasteiger partial charge in [0, 0.05) is 24.1 Å². The van der Waals surface area contributed by atoms with E-state index in [1.165, 1.54) is 5.56 Å². The lowest BCUT2D eigenvalue weighted by molar-refractivity contribution is 0.310. The molecule has 6 heteroatoms. The first kappa shape index (κ1) is 21.2. The number of nitrogens with zero attached hydrogens (tertiary/aromatic N) is 3. The number of aryl methyl sites for hydroxylation is 1.